The predicted octanol–water partition coefficient (Wildman–Crippen LogP) is -0.242. The third kappa shape index (κ3) is 3.25. The molecule has 72 valence electrons. The zero-order valence-corrected chi connectivity index (χ0v) is 7.54. The molecule has 0 aliphatic rings. The fraction of sp³-hybridized carbons (Fsp3) is 0.500. The summed E-state index contributed by atoms with van der Waals surface area (Å²) in [7, 11) is 0. The summed E-state index contributed by atoms with van der Waals surface area (Å²) in [6.07, 6.45) is 2.96. The van der Waals surface area contributed by atoms with Crippen molar-refractivity contribution in [2.75, 3.05) is 19.7 Å². The minimum Gasteiger partial charge on any atom is -0.472 e. The van der Waals surface area contributed by atoms with Crippen LogP contribution in [0.4, 0.5) is 0 Å². The lowest BCUT2D eigenvalue weighted by molar-refractivity contribution is 0.299. The van der Waals surface area contributed by atoms with Gasteiger partial charge in [-0.2, -0.15) is 0 Å². The molecule has 0 aliphatic carbocycles. The van der Waals surface area contributed by atoms with E-state index in [0.29, 0.717) is 13.2 Å². The minimum atomic E-state index is -0.293. The van der Waals surface area contributed by atoms with E-state index in [2.05, 4.69) is 15.3 Å². The standard InChI is InChI=1S/C8H13N3O2/c1-2-9-5-6-13-8-7(12)10-3-4-11-8/h3-4,9H,2,5-6H2,1H3,(H,10,12). The molecule has 0 unspecified atom stereocenters. The number of H-pyrrole nitrogens is 1. The highest BCUT2D eigenvalue weighted by atomic mass is 16.5. The molecule has 1 rings (SSSR count). The van der Waals surface area contributed by atoms with Crippen molar-refractivity contribution < 1.29 is 4.74 Å². The Bertz CT molecular complexity index is 297. The van der Waals surface area contributed by atoms with Crippen LogP contribution in [0.15, 0.2) is 17.2 Å². The van der Waals surface area contributed by atoms with Crippen LogP contribution in [-0.4, -0.2) is 29.7 Å². The van der Waals surface area contributed by atoms with Crippen LogP contribution in [0.5, 0.6) is 5.88 Å². The molecule has 0 amide bonds. The molecule has 0 aliphatic heterocycles. The monoisotopic (exact) mass is 183 g/mol. The number of rotatable bonds is 5. The van der Waals surface area contributed by atoms with Gasteiger partial charge in [0.15, 0.2) is 0 Å². The van der Waals surface area contributed by atoms with E-state index in [1.807, 2.05) is 6.92 Å². The highest BCUT2D eigenvalue weighted by Crippen LogP contribution is 1.91. The molecule has 0 bridgehead atoms. The van der Waals surface area contributed by atoms with Crippen molar-refractivity contribution in [2.45, 2.75) is 6.92 Å². The van der Waals surface area contributed by atoms with Crippen molar-refractivity contribution >= 4 is 0 Å². The van der Waals surface area contributed by atoms with Crippen molar-refractivity contribution in [1.82, 2.24) is 15.3 Å². The van der Waals surface area contributed by atoms with Crippen molar-refractivity contribution in [3.63, 3.8) is 0 Å². The van der Waals surface area contributed by atoms with E-state index >= 15 is 0 Å². The first-order chi connectivity index (χ1) is 6.34. The maximum atomic E-state index is 11.0. The Labute approximate surface area is 76.2 Å². The van der Waals surface area contributed by atoms with Crippen LogP contribution < -0.4 is 15.6 Å². The summed E-state index contributed by atoms with van der Waals surface area (Å²) >= 11 is 0. The Kier molecular flexibility index (Phi) is 3.98. The quantitative estimate of drug-likeness (QED) is 0.618. The van der Waals surface area contributed by atoms with Crippen LogP contribution in [-0.2, 0) is 0 Å². The SMILES string of the molecule is CCNCCOc1ncc[nH]c1=O. The molecule has 1 aromatic rings. The van der Waals surface area contributed by atoms with Crippen molar-refractivity contribution in [3.05, 3.63) is 22.7 Å². The topological polar surface area (TPSA) is 67.0 Å². The number of aromatic nitrogens is 2. The largest absolute Gasteiger partial charge is 0.472 e. The van der Waals surface area contributed by atoms with E-state index in [0.717, 1.165) is 6.54 Å². The molecule has 0 saturated heterocycles. The highest BCUT2D eigenvalue weighted by Gasteiger charge is 1.98. The van der Waals surface area contributed by atoms with E-state index in [4.69, 9.17) is 4.74 Å². The fourth-order valence-corrected chi connectivity index (χ4v) is 0.838. The van der Waals surface area contributed by atoms with Crippen LogP contribution in [0, 0.1) is 0 Å². The molecule has 13 heavy (non-hydrogen) atoms. The van der Waals surface area contributed by atoms with Gasteiger partial charge >= 0.3 is 5.56 Å². The molecular formula is C8H13N3O2. The molecular weight excluding hydrogens is 170 g/mol. The van der Waals surface area contributed by atoms with E-state index in [9.17, 15) is 4.79 Å². The van der Waals surface area contributed by atoms with Crippen LogP contribution >= 0.6 is 0 Å². The Morgan fingerprint density at radius 2 is 2.54 bits per heavy atom. The number of nitrogens with zero attached hydrogens (tertiary/aromatic N) is 1. The molecule has 1 aromatic heterocycles. The molecule has 5 nitrogen and oxygen atoms in total. The average molecular weight is 183 g/mol. The Hall–Kier alpha value is -1.36. The van der Waals surface area contributed by atoms with Gasteiger partial charge in [-0.3, -0.25) is 4.79 Å². The second-order valence-electron chi connectivity index (χ2n) is 2.43. The van der Waals surface area contributed by atoms with Gasteiger partial charge in [-0.05, 0) is 6.54 Å². The van der Waals surface area contributed by atoms with Crippen molar-refractivity contribution in [3.8, 4) is 5.88 Å². The summed E-state index contributed by atoms with van der Waals surface area (Å²) in [5.41, 5.74) is -0.293. The molecule has 0 saturated carbocycles. The maximum absolute atomic E-state index is 11.0. The Morgan fingerprint density at radius 3 is 3.23 bits per heavy atom. The average Bonchev–Trinajstić information content (AvgIpc) is 2.15. The smallest absolute Gasteiger partial charge is 0.310 e. The summed E-state index contributed by atoms with van der Waals surface area (Å²) in [6, 6.07) is 0. The fourth-order valence-electron chi connectivity index (χ4n) is 0.838. The zero-order valence-electron chi connectivity index (χ0n) is 7.54. The van der Waals surface area contributed by atoms with Crippen molar-refractivity contribution in [1.29, 1.82) is 0 Å². The molecule has 5 heteroatoms. The van der Waals surface area contributed by atoms with Crippen LogP contribution in [0.25, 0.3) is 0 Å². The second kappa shape index (κ2) is 5.31. The van der Waals surface area contributed by atoms with Gasteiger partial charge in [0.1, 0.15) is 6.61 Å². The lowest BCUT2D eigenvalue weighted by atomic mass is 10.6. The lowest BCUT2D eigenvalue weighted by Crippen LogP contribution is -2.22. The van der Waals surface area contributed by atoms with Crippen LogP contribution in [0.3, 0.4) is 0 Å². The first-order valence-corrected chi connectivity index (χ1v) is 4.21. The number of likely N-dealkylation sites (N-methyl/N-ethyl adjacent to an activating group) is 1. The van der Waals surface area contributed by atoms with Gasteiger partial charge in [0.25, 0.3) is 5.88 Å². The van der Waals surface area contributed by atoms with Gasteiger partial charge in [0, 0.05) is 18.9 Å². The minimum absolute atomic E-state index is 0.125. The first kappa shape index (κ1) is 9.73. The number of hydrogen-bond donors (Lipinski definition) is 2. The van der Waals surface area contributed by atoms with Crippen LogP contribution in [0.2, 0.25) is 0 Å². The van der Waals surface area contributed by atoms with E-state index in [1.54, 1.807) is 0 Å². The van der Waals surface area contributed by atoms with Gasteiger partial charge in [-0.1, -0.05) is 6.92 Å². The second-order valence-corrected chi connectivity index (χ2v) is 2.43. The molecule has 0 atom stereocenters. The number of hydrogen-bond acceptors (Lipinski definition) is 4. The van der Waals surface area contributed by atoms with Gasteiger partial charge in [-0.25, -0.2) is 4.98 Å². The summed E-state index contributed by atoms with van der Waals surface area (Å²) in [5, 5.41) is 3.07. The molecule has 0 radical (unpaired) electrons. The maximum Gasteiger partial charge on any atom is 0.310 e. The van der Waals surface area contributed by atoms with Gasteiger partial charge < -0.3 is 15.0 Å². The Balaban J connectivity index is 2.37. The van der Waals surface area contributed by atoms with Gasteiger partial charge in [0.2, 0.25) is 0 Å². The summed E-state index contributed by atoms with van der Waals surface area (Å²) in [6.45, 7) is 4.07. The van der Waals surface area contributed by atoms with E-state index < -0.39 is 0 Å². The van der Waals surface area contributed by atoms with Gasteiger partial charge in [0.05, 0.1) is 0 Å². The number of aromatic amines is 1. The molecule has 0 aromatic carbocycles. The normalized spacial score (nSPS) is 9.92. The van der Waals surface area contributed by atoms with Crippen molar-refractivity contribution in [2.24, 2.45) is 0 Å². The molecule has 1 heterocycles. The molecule has 2 N–H and O–H groups in total. The summed E-state index contributed by atoms with van der Waals surface area (Å²) < 4.78 is 5.12. The van der Waals surface area contributed by atoms with Gasteiger partial charge in [-0.15, -0.1) is 0 Å². The highest BCUT2D eigenvalue weighted by molar-refractivity contribution is 5.01. The first-order valence-electron chi connectivity index (χ1n) is 4.21. The molecule has 0 spiro atoms. The lowest BCUT2D eigenvalue weighted by Gasteiger charge is -2.03. The van der Waals surface area contributed by atoms with Crippen LogP contribution in [0.1, 0.15) is 6.92 Å². The third-order valence-corrected chi connectivity index (χ3v) is 1.44. The predicted molar refractivity (Wildman–Crippen MR) is 48.9 cm³/mol. The zero-order chi connectivity index (χ0) is 9.52. The Morgan fingerprint density at radius 1 is 1.69 bits per heavy atom. The number of nitrogens with one attached hydrogen (secondary N) is 2. The summed E-state index contributed by atoms with van der Waals surface area (Å²) in [5.74, 6) is 0.125. The summed E-state index contributed by atoms with van der Waals surface area (Å²) in [4.78, 5) is 17.3. The van der Waals surface area contributed by atoms with E-state index in [-0.39, 0.29) is 11.4 Å². The van der Waals surface area contributed by atoms with E-state index in [1.165, 1.54) is 12.4 Å². The third-order valence-electron chi connectivity index (χ3n) is 1.44. The molecule has 0 fully saturated rings. The number of ether oxygens (including phenoxy) is 1.